The number of fused-ring (bicyclic) bond motifs is 1. The van der Waals surface area contributed by atoms with E-state index in [0.717, 1.165) is 21.6 Å². The maximum absolute atomic E-state index is 12.7. The van der Waals surface area contributed by atoms with Gasteiger partial charge in [-0.25, -0.2) is 4.79 Å². The standard InChI is InChI=1S/C19H21N3O4S/c1-10-4-5-12(11(2)8-10)17(24)21-18-15(16(20)23)13-6-7-22(19(25)26-3)9-14(13)27-18/h4-5,8H,6-7,9H2,1-3H3,(H2,20,23)(H,21,24). The van der Waals surface area contributed by atoms with Gasteiger partial charge >= 0.3 is 6.09 Å². The van der Waals surface area contributed by atoms with Crippen LogP contribution in [-0.2, 0) is 17.7 Å². The predicted molar refractivity (Wildman–Crippen MR) is 103 cm³/mol. The Kier molecular flexibility index (Phi) is 5.18. The van der Waals surface area contributed by atoms with Gasteiger partial charge < -0.3 is 20.7 Å². The lowest BCUT2D eigenvalue weighted by Gasteiger charge is -2.25. The Morgan fingerprint density at radius 2 is 2.00 bits per heavy atom. The second-order valence-electron chi connectivity index (χ2n) is 6.49. The first-order valence-electron chi connectivity index (χ1n) is 8.47. The summed E-state index contributed by atoms with van der Waals surface area (Å²) in [6.45, 7) is 4.58. The third kappa shape index (κ3) is 3.66. The minimum absolute atomic E-state index is 0.293. The molecule has 2 heterocycles. The largest absolute Gasteiger partial charge is 0.453 e. The van der Waals surface area contributed by atoms with Gasteiger partial charge in [0.05, 0.1) is 19.2 Å². The van der Waals surface area contributed by atoms with E-state index in [0.29, 0.717) is 35.6 Å². The Labute approximate surface area is 161 Å². The van der Waals surface area contributed by atoms with Crippen LogP contribution in [0.1, 0.15) is 42.3 Å². The van der Waals surface area contributed by atoms with Crippen LogP contribution in [0.5, 0.6) is 0 Å². The average molecular weight is 387 g/mol. The number of anilines is 1. The Morgan fingerprint density at radius 3 is 2.63 bits per heavy atom. The molecule has 3 N–H and O–H groups in total. The minimum atomic E-state index is -0.588. The van der Waals surface area contributed by atoms with Crippen LogP contribution in [0.4, 0.5) is 9.80 Å². The van der Waals surface area contributed by atoms with Crippen molar-refractivity contribution in [2.45, 2.75) is 26.8 Å². The molecule has 1 aliphatic rings. The molecule has 27 heavy (non-hydrogen) atoms. The van der Waals surface area contributed by atoms with Crippen molar-refractivity contribution in [2.24, 2.45) is 5.73 Å². The SMILES string of the molecule is COC(=O)N1CCc2c(sc(NC(=O)c3ccc(C)cc3C)c2C(N)=O)C1. The highest BCUT2D eigenvalue weighted by molar-refractivity contribution is 7.17. The number of hydrogen-bond donors (Lipinski definition) is 2. The number of nitrogens with zero attached hydrogens (tertiary/aromatic N) is 1. The normalized spacial score (nSPS) is 13.1. The van der Waals surface area contributed by atoms with Crippen LogP contribution >= 0.6 is 11.3 Å². The highest BCUT2D eigenvalue weighted by atomic mass is 32.1. The van der Waals surface area contributed by atoms with Crippen molar-refractivity contribution in [1.82, 2.24) is 4.90 Å². The van der Waals surface area contributed by atoms with Crippen LogP contribution in [0.15, 0.2) is 18.2 Å². The van der Waals surface area contributed by atoms with E-state index in [9.17, 15) is 14.4 Å². The van der Waals surface area contributed by atoms with Gasteiger partial charge in [0.15, 0.2) is 0 Å². The first-order chi connectivity index (χ1) is 12.8. The number of aryl methyl sites for hydroxylation is 2. The molecule has 0 unspecified atom stereocenters. The maximum Gasteiger partial charge on any atom is 0.409 e. The van der Waals surface area contributed by atoms with E-state index in [2.05, 4.69) is 5.32 Å². The molecule has 3 amide bonds. The van der Waals surface area contributed by atoms with Crippen molar-refractivity contribution in [2.75, 3.05) is 19.0 Å². The minimum Gasteiger partial charge on any atom is -0.453 e. The maximum atomic E-state index is 12.7. The van der Waals surface area contributed by atoms with E-state index in [4.69, 9.17) is 10.5 Å². The van der Waals surface area contributed by atoms with E-state index in [1.807, 2.05) is 26.0 Å². The van der Waals surface area contributed by atoms with Crippen LogP contribution < -0.4 is 11.1 Å². The summed E-state index contributed by atoms with van der Waals surface area (Å²) in [6, 6.07) is 5.55. The fraction of sp³-hybridized carbons (Fsp3) is 0.316. The molecule has 0 radical (unpaired) electrons. The molecule has 0 spiro atoms. The molecule has 1 aliphatic heterocycles. The number of methoxy groups -OCH3 is 1. The zero-order chi connectivity index (χ0) is 19.7. The molecule has 1 aromatic heterocycles. The summed E-state index contributed by atoms with van der Waals surface area (Å²) in [5.41, 5.74) is 9.16. The number of nitrogens with two attached hydrogens (primary N) is 1. The number of nitrogens with one attached hydrogen (secondary N) is 1. The van der Waals surface area contributed by atoms with E-state index in [1.165, 1.54) is 18.4 Å². The highest BCUT2D eigenvalue weighted by Gasteiger charge is 2.30. The van der Waals surface area contributed by atoms with Crippen molar-refractivity contribution in [3.8, 4) is 0 Å². The molecule has 7 nitrogen and oxygen atoms in total. The Balaban J connectivity index is 1.92. The van der Waals surface area contributed by atoms with Crippen LogP contribution in [0.2, 0.25) is 0 Å². The topological polar surface area (TPSA) is 102 Å². The van der Waals surface area contributed by atoms with Gasteiger partial charge in [0.1, 0.15) is 5.00 Å². The van der Waals surface area contributed by atoms with Gasteiger partial charge in [-0.2, -0.15) is 0 Å². The fourth-order valence-corrected chi connectivity index (χ4v) is 4.54. The van der Waals surface area contributed by atoms with Gasteiger partial charge in [0.2, 0.25) is 0 Å². The summed E-state index contributed by atoms with van der Waals surface area (Å²) in [5, 5.41) is 3.25. The molecular formula is C19H21N3O4S. The summed E-state index contributed by atoms with van der Waals surface area (Å²) in [5.74, 6) is -0.881. The number of rotatable bonds is 3. The molecule has 0 saturated heterocycles. The number of thiophene rings is 1. The lowest BCUT2D eigenvalue weighted by atomic mass is 10.0. The van der Waals surface area contributed by atoms with Gasteiger partial charge in [-0.15, -0.1) is 11.3 Å². The van der Waals surface area contributed by atoms with Crippen molar-refractivity contribution in [3.05, 3.63) is 50.9 Å². The highest BCUT2D eigenvalue weighted by Crippen LogP contribution is 2.37. The Hall–Kier alpha value is -2.87. The number of amides is 3. The second-order valence-corrected chi connectivity index (χ2v) is 7.59. The molecule has 2 aromatic rings. The van der Waals surface area contributed by atoms with Gasteiger partial charge in [0, 0.05) is 17.0 Å². The summed E-state index contributed by atoms with van der Waals surface area (Å²) in [4.78, 5) is 38.9. The van der Waals surface area contributed by atoms with Gasteiger partial charge in [-0.05, 0) is 37.5 Å². The number of ether oxygens (including phenoxy) is 1. The predicted octanol–water partition coefficient (Wildman–Crippen LogP) is 2.84. The molecule has 0 fully saturated rings. The summed E-state index contributed by atoms with van der Waals surface area (Å²) < 4.78 is 4.76. The zero-order valence-electron chi connectivity index (χ0n) is 15.4. The summed E-state index contributed by atoms with van der Waals surface area (Å²) in [6.07, 6.45) is 0.0640. The Bertz CT molecular complexity index is 935. The second kappa shape index (κ2) is 7.40. The zero-order valence-corrected chi connectivity index (χ0v) is 16.2. The molecule has 8 heteroatoms. The van der Waals surface area contributed by atoms with Gasteiger partial charge in [-0.3, -0.25) is 9.59 Å². The number of benzene rings is 1. The third-order valence-corrected chi connectivity index (χ3v) is 5.72. The molecule has 0 saturated carbocycles. The third-order valence-electron chi connectivity index (χ3n) is 4.59. The van der Waals surface area contributed by atoms with E-state index >= 15 is 0 Å². The van der Waals surface area contributed by atoms with Crippen LogP contribution in [0, 0.1) is 13.8 Å². The van der Waals surface area contributed by atoms with E-state index in [-0.39, 0.29) is 5.91 Å². The first kappa shape index (κ1) is 18.9. The molecule has 0 atom stereocenters. The van der Waals surface area contributed by atoms with Crippen molar-refractivity contribution in [3.63, 3.8) is 0 Å². The monoisotopic (exact) mass is 387 g/mol. The summed E-state index contributed by atoms with van der Waals surface area (Å²) in [7, 11) is 1.33. The van der Waals surface area contributed by atoms with Crippen LogP contribution in [0.25, 0.3) is 0 Å². The average Bonchev–Trinajstić information content (AvgIpc) is 2.97. The molecule has 1 aromatic carbocycles. The van der Waals surface area contributed by atoms with Crippen molar-refractivity contribution >= 4 is 34.2 Å². The number of carbonyl (C=O) groups is 3. The van der Waals surface area contributed by atoms with Crippen molar-refractivity contribution < 1.29 is 19.1 Å². The van der Waals surface area contributed by atoms with Gasteiger partial charge in [-0.1, -0.05) is 17.7 Å². The van der Waals surface area contributed by atoms with E-state index in [1.54, 1.807) is 11.0 Å². The Morgan fingerprint density at radius 1 is 1.26 bits per heavy atom. The van der Waals surface area contributed by atoms with Crippen molar-refractivity contribution in [1.29, 1.82) is 0 Å². The van der Waals surface area contributed by atoms with Crippen LogP contribution in [-0.4, -0.2) is 36.5 Å². The lowest BCUT2D eigenvalue weighted by Crippen LogP contribution is -2.35. The van der Waals surface area contributed by atoms with E-state index < -0.39 is 12.0 Å². The fourth-order valence-electron chi connectivity index (χ4n) is 3.28. The molecule has 3 rings (SSSR count). The lowest BCUT2D eigenvalue weighted by molar-refractivity contribution is 0.0999. The van der Waals surface area contributed by atoms with Gasteiger partial charge in [0.25, 0.3) is 11.8 Å². The number of carbonyl (C=O) groups excluding carboxylic acids is 3. The smallest absolute Gasteiger partial charge is 0.409 e. The molecular weight excluding hydrogens is 366 g/mol. The quantitative estimate of drug-likeness (QED) is 0.845. The molecule has 0 bridgehead atoms. The van der Waals surface area contributed by atoms with Crippen LogP contribution in [0.3, 0.4) is 0 Å². The first-order valence-corrected chi connectivity index (χ1v) is 9.29. The summed E-state index contributed by atoms with van der Waals surface area (Å²) >= 11 is 1.27. The molecule has 142 valence electrons. The molecule has 0 aliphatic carbocycles. The number of primary amides is 1. The number of hydrogen-bond acceptors (Lipinski definition) is 5.